The zero-order valence-corrected chi connectivity index (χ0v) is 23.5. The highest BCUT2D eigenvalue weighted by Gasteiger charge is 2.38. The molecular weight excluding hydrogens is 496 g/mol. The van der Waals surface area contributed by atoms with E-state index < -0.39 is 5.60 Å². The molecule has 3 aliphatic heterocycles. The third kappa shape index (κ3) is 5.02. The molecule has 6 rings (SSSR count). The number of benzene rings is 1. The second kappa shape index (κ2) is 9.97. The maximum atomic E-state index is 12.6. The highest BCUT2D eigenvalue weighted by molar-refractivity contribution is 5.82. The number of hydrogen-bond donors (Lipinski definition) is 0. The molecule has 0 saturated carbocycles. The number of nitrogens with zero attached hydrogens (tertiary/aromatic N) is 6. The highest BCUT2D eigenvalue weighted by atomic mass is 16.6. The van der Waals surface area contributed by atoms with Crippen molar-refractivity contribution < 1.29 is 19.0 Å². The predicted molar refractivity (Wildman–Crippen MR) is 148 cm³/mol. The molecule has 3 aromatic rings. The lowest BCUT2D eigenvalue weighted by atomic mass is 9.86. The number of morpholine rings is 1. The molecule has 0 aliphatic carbocycles. The van der Waals surface area contributed by atoms with Crippen molar-refractivity contribution in [3.63, 3.8) is 0 Å². The summed E-state index contributed by atoms with van der Waals surface area (Å²) in [5, 5.41) is 5.80. The molecule has 0 spiro atoms. The fourth-order valence-electron chi connectivity index (χ4n) is 6.26. The number of aryl methyl sites for hydroxylation is 1. The van der Waals surface area contributed by atoms with Crippen LogP contribution in [0, 0.1) is 6.92 Å². The van der Waals surface area contributed by atoms with Crippen LogP contribution in [-0.2, 0) is 9.47 Å². The molecule has 0 radical (unpaired) electrons. The first-order valence-electron chi connectivity index (χ1n) is 14.0. The summed E-state index contributed by atoms with van der Waals surface area (Å²) in [6, 6.07) is 7.45. The lowest BCUT2D eigenvalue weighted by Gasteiger charge is -2.35. The smallest absolute Gasteiger partial charge is 0.410 e. The summed E-state index contributed by atoms with van der Waals surface area (Å²) in [5.41, 5.74) is 3.05. The number of ether oxygens (including phenoxy) is 3. The molecule has 2 aromatic heterocycles. The maximum absolute atomic E-state index is 12.6. The van der Waals surface area contributed by atoms with Crippen LogP contribution in [0.25, 0.3) is 16.7 Å². The van der Waals surface area contributed by atoms with Crippen LogP contribution in [0.2, 0.25) is 0 Å². The summed E-state index contributed by atoms with van der Waals surface area (Å²) >= 11 is 0. The lowest BCUT2D eigenvalue weighted by molar-refractivity contribution is 0.0205. The number of hydrogen-bond acceptors (Lipinski definition) is 8. The normalized spacial score (nSPS) is 22.0. The minimum absolute atomic E-state index is 0.228. The van der Waals surface area contributed by atoms with E-state index in [1.54, 1.807) is 7.11 Å². The van der Waals surface area contributed by atoms with Crippen molar-refractivity contribution in [2.45, 2.75) is 77.0 Å². The average Bonchev–Trinajstić information content (AvgIpc) is 3.43. The molecular formula is C29H38N6O4. The molecule has 3 saturated heterocycles. The molecule has 3 fully saturated rings. The Morgan fingerprint density at radius 2 is 1.69 bits per heavy atom. The van der Waals surface area contributed by atoms with Crippen molar-refractivity contribution in [2.24, 2.45) is 0 Å². The second-order valence-electron chi connectivity index (χ2n) is 12.0. The first-order chi connectivity index (χ1) is 18.7. The van der Waals surface area contributed by atoms with Gasteiger partial charge in [0.05, 0.1) is 44.1 Å². The minimum Gasteiger partial charge on any atom is -0.467 e. The SMILES string of the molecule is COc1nc(N2C3CCC2COC3)cc(-n2ncc3cc(C)c(C4CCN(C(=O)OC(C)(C)C)CC4)cc32)n1. The minimum atomic E-state index is -0.487. The summed E-state index contributed by atoms with van der Waals surface area (Å²) < 4.78 is 18.8. The van der Waals surface area contributed by atoms with E-state index in [-0.39, 0.29) is 6.09 Å². The number of carbonyl (C=O) groups is 1. The molecule has 3 aliphatic rings. The fraction of sp³-hybridized carbons (Fsp3) is 0.586. The van der Waals surface area contributed by atoms with Crippen molar-refractivity contribution in [2.75, 3.05) is 38.3 Å². The maximum Gasteiger partial charge on any atom is 0.410 e. The van der Waals surface area contributed by atoms with E-state index in [1.165, 1.54) is 11.1 Å². The Morgan fingerprint density at radius 1 is 1.00 bits per heavy atom. The molecule has 0 N–H and O–H groups in total. The molecule has 10 heteroatoms. The topological polar surface area (TPSA) is 94.8 Å². The van der Waals surface area contributed by atoms with Gasteiger partial charge in [-0.25, -0.2) is 9.48 Å². The first kappa shape index (κ1) is 25.9. The van der Waals surface area contributed by atoms with E-state index in [4.69, 9.17) is 24.3 Å². The van der Waals surface area contributed by atoms with Crippen LogP contribution in [0.15, 0.2) is 24.4 Å². The van der Waals surface area contributed by atoms with Gasteiger partial charge in [0.2, 0.25) is 0 Å². The molecule has 208 valence electrons. The Kier molecular flexibility index (Phi) is 6.61. The van der Waals surface area contributed by atoms with E-state index in [0.717, 1.165) is 55.6 Å². The summed E-state index contributed by atoms with van der Waals surface area (Å²) in [4.78, 5) is 26.2. The number of carbonyl (C=O) groups excluding carboxylic acids is 1. The van der Waals surface area contributed by atoms with Gasteiger partial charge in [-0.05, 0) is 82.6 Å². The monoisotopic (exact) mass is 534 g/mol. The summed E-state index contributed by atoms with van der Waals surface area (Å²) in [6.07, 6.45) is 5.66. The number of aromatic nitrogens is 4. The number of methoxy groups -OCH3 is 1. The van der Waals surface area contributed by atoms with Crippen LogP contribution in [0.4, 0.5) is 10.6 Å². The van der Waals surface area contributed by atoms with Crippen LogP contribution >= 0.6 is 0 Å². The van der Waals surface area contributed by atoms with E-state index in [1.807, 2.05) is 42.6 Å². The lowest BCUT2D eigenvalue weighted by Crippen LogP contribution is -2.46. The van der Waals surface area contributed by atoms with Crippen molar-refractivity contribution in [3.05, 3.63) is 35.5 Å². The van der Waals surface area contributed by atoms with Crippen LogP contribution in [0.1, 0.15) is 63.5 Å². The fourth-order valence-corrected chi connectivity index (χ4v) is 6.26. The van der Waals surface area contributed by atoms with Gasteiger partial charge in [0.15, 0.2) is 5.82 Å². The second-order valence-corrected chi connectivity index (χ2v) is 12.0. The first-order valence-corrected chi connectivity index (χ1v) is 14.0. The predicted octanol–water partition coefficient (Wildman–Crippen LogP) is 4.61. The van der Waals surface area contributed by atoms with Gasteiger partial charge in [-0.3, -0.25) is 0 Å². The molecule has 39 heavy (non-hydrogen) atoms. The largest absolute Gasteiger partial charge is 0.467 e. The van der Waals surface area contributed by atoms with Gasteiger partial charge in [0.25, 0.3) is 0 Å². The Hall–Kier alpha value is -3.40. The zero-order valence-electron chi connectivity index (χ0n) is 23.5. The van der Waals surface area contributed by atoms with Crippen molar-refractivity contribution in [1.29, 1.82) is 0 Å². The number of rotatable bonds is 4. The van der Waals surface area contributed by atoms with Gasteiger partial charge in [-0.1, -0.05) is 0 Å². The number of likely N-dealkylation sites (tertiary alicyclic amines) is 1. The van der Waals surface area contributed by atoms with Crippen LogP contribution < -0.4 is 9.64 Å². The van der Waals surface area contributed by atoms with Crippen molar-refractivity contribution in [3.8, 4) is 11.8 Å². The molecule has 1 amide bonds. The van der Waals surface area contributed by atoms with E-state index in [2.05, 4.69) is 28.9 Å². The third-order valence-corrected chi connectivity index (χ3v) is 8.13. The van der Waals surface area contributed by atoms with Crippen molar-refractivity contribution >= 4 is 22.8 Å². The quantitative estimate of drug-likeness (QED) is 0.479. The zero-order chi connectivity index (χ0) is 27.3. The van der Waals surface area contributed by atoms with E-state index in [9.17, 15) is 4.79 Å². The number of amides is 1. The molecule has 2 atom stereocenters. The van der Waals surface area contributed by atoms with Crippen LogP contribution in [-0.4, -0.2) is 81.8 Å². The molecule has 10 nitrogen and oxygen atoms in total. The van der Waals surface area contributed by atoms with Gasteiger partial charge >= 0.3 is 12.1 Å². The molecule has 2 unspecified atom stereocenters. The Morgan fingerprint density at radius 3 is 2.36 bits per heavy atom. The molecule has 5 heterocycles. The Balaban J connectivity index is 1.29. The molecule has 1 aromatic carbocycles. The average molecular weight is 535 g/mol. The molecule has 2 bridgehead atoms. The summed E-state index contributed by atoms with van der Waals surface area (Å²) in [5.74, 6) is 1.90. The Labute approximate surface area is 229 Å². The summed E-state index contributed by atoms with van der Waals surface area (Å²) in [7, 11) is 1.60. The summed E-state index contributed by atoms with van der Waals surface area (Å²) in [6.45, 7) is 10.7. The number of piperidine rings is 1. The van der Waals surface area contributed by atoms with Gasteiger partial charge in [0, 0.05) is 24.5 Å². The van der Waals surface area contributed by atoms with Gasteiger partial charge in [-0.15, -0.1) is 0 Å². The van der Waals surface area contributed by atoms with Crippen molar-refractivity contribution in [1.82, 2.24) is 24.6 Å². The standard InChI is InChI=1S/C29H38N6O4/c1-18-12-20-15-30-35(24(20)13-23(18)19-8-10-33(11-9-19)28(36)39-29(2,3)4)26-14-25(31-27(32-26)37-5)34-21-6-7-22(34)17-38-16-21/h12-15,19,21-22H,6-11,16-17H2,1-5H3. The van der Waals surface area contributed by atoms with E-state index in [0.29, 0.717) is 42.9 Å². The van der Waals surface area contributed by atoms with Gasteiger partial charge in [0.1, 0.15) is 11.4 Å². The van der Waals surface area contributed by atoms with Gasteiger partial charge in [-0.2, -0.15) is 15.1 Å². The van der Waals surface area contributed by atoms with Crippen LogP contribution in [0.3, 0.4) is 0 Å². The van der Waals surface area contributed by atoms with Gasteiger partial charge < -0.3 is 24.0 Å². The Bertz CT molecular complexity index is 1360. The third-order valence-electron chi connectivity index (χ3n) is 8.13. The number of fused-ring (bicyclic) bond motifs is 3. The highest BCUT2D eigenvalue weighted by Crippen LogP contribution is 2.36. The van der Waals surface area contributed by atoms with Crippen LogP contribution in [0.5, 0.6) is 6.01 Å². The van der Waals surface area contributed by atoms with E-state index >= 15 is 0 Å². The number of anilines is 1.